The van der Waals surface area contributed by atoms with Gasteiger partial charge in [-0.1, -0.05) is 0 Å². The van der Waals surface area contributed by atoms with E-state index in [4.69, 9.17) is 9.97 Å². The second-order valence-corrected chi connectivity index (χ2v) is 11.2. The zero-order chi connectivity index (χ0) is 17.9. The second-order valence-electron chi connectivity index (χ2n) is 7.88. The van der Waals surface area contributed by atoms with Crippen LogP contribution < -0.4 is 9.80 Å². The van der Waals surface area contributed by atoms with Gasteiger partial charge in [0.25, 0.3) is 0 Å². The van der Waals surface area contributed by atoms with Crippen molar-refractivity contribution >= 4 is 37.2 Å². The summed E-state index contributed by atoms with van der Waals surface area (Å²) in [6, 6.07) is 0.291. The maximum Gasteiger partial charge on any atom is 0.156 e. The van der Waals surface area contributed by atoms with Crippen LogP contribution in [-0.4, -0.2) is 62.1 Å². The average Bonchev–Trinajstić information content (AvgIpc) is 3.28. The molecule has 0 aromatic carbocycles. The lowest BCUT2D eigenvalue weighted by Crippen LogP contribution is -3.18. The van der Waals surface area contributed by atoms with E-state index in [1.54, 1.807) is 0 Å². The van der Waals surface area contributed by atoms with E-state index < -0.39 is 9.84 Å². The molecule has 2 saturated heterocycles. The van der Waals surface area contributed by atoms with Crippen LogP contribution in [0.3, 0.4) is 0 Å². The van der Waals surface area contributed by atoms with Gasteiger partial charge in [-0.3, -0.25) is 0 Å². The summed E-state index contributed by atoms with van der Waals surface area (Å²) in [7, 11) is -2.80. The van der Waals surface area contributed by atoms with E-state index in [-0.39, 0.29) is 0 Å². The molecule has 26 heavy (non-hydrogen) atoms. The van der Waals surface area contributed by atoms with E-state index in [1.807, 2.05) is 18.3 Å². The number of aryl methyl sites for hydroxylation is 3. The van der Waals surface area contributed by atoms with Crippen LogP contribution >= 0.6 is 11.3 Å². The van der Waals surface area contributed by atoms with Gasteiger partial charge < -0.3 is 9.80 Å². The highest BCUT2D eigenvalue weighted by atomic mass is 32.2. The average molecular weight is 394 g/mol. The lowest BCUT2D eigenvalue weighted by molar-refractivity contribution is -0.922. The topological polar surface area (TPSA) is 67.6 Å². The SMILES string of the molecule is Cc1nc(N2CC[NH+]([C@H]3CCS(=O)(=O)C3)CC2)c2c3c(sc2n1)CCC3. The van der Waals surface area contributed by atoms with Crippen molar-refractivity contribution in [3.8, 4) is 0 Å². The minimum absolute atomic E-state index is 0.291. The first-order valence-corrected chi connectivity index (χ1v) is 12.2. The van der Waals surface area contributed by atoms with Gasteiger partial charge in [0.2, 0.25) is 0 Å². The molecule has 0 amide bonds. The van der Waals surface area contributed by atoms with E-state index in [0.717, 1.165) is 55.5 Å². The number of fused-ring (bicyclic) bond motifs is 3. The molecule has 4 heterocycles. The van der Waals surface area contributed by atoms with Gasteiger partial charge >= 0.3 is 0 Å². The molecule has 1 N–H and O–H groups in total. The van der Waals surface area contributed by atoms with Crippen molar-refractivity contribution < 1.29 is 13.3 Å². The number of anilines is 1. The smallest absolute Gasteiger partial charge is 0.156 e. The van der Waals surface area contributed by atoms with Gasteiger partial charge in [-0.2, -0.15) is 0 Å². The van der Waals surface area contributed by atoms with E-state index in [2.05, 4.69) is 4.90 Å². The maximum atomic E-state index is 11.8. The van der Waals surface area contributed by atoms with Crippen molar-refractivity contribution in [2.45, 2.75) is 38.6 Å². The van der Waals surface area contributed by atoms with Crippen molar-refractivity contribution in [3.05, 3.63) is 16.3 Å². The van der Waals surface area contributed by atoms with Gasteiger partial charge in [0.1, 0.15) is 28.3 Å². The number of nitrogens with zero attached hydrogens (tertiary/aromatic N) is 3. The minimum atomic E-state index is -2.80. The molecule has 0 unspecified atom stereocenters. The number of hydrogen-bond acceptors (Lipinski definition) is 6. The highest BCUT2D eigenvalue weighted by Gasteiger charge is 2.37. The van der Waals surface area contributed by atoms with Crippen LogP contribution in [0.25, 0.3) is 10.2 Å². The number of piperazine rings is 1. The van der Waals surface area contributed by atoms with Crippen molar-refractivity contribution in [2.24, 2.45) is 0 Å². The van der Waals surface area contributed by atoms with Crippen LogP contribution in [0.15, 0.2) is 0 Å². The summed E-state index contributed by atoms with van der Waals surface area (Å²) in [5.41, 5.74) is 1.48. The highest BCUT2D eigenvalue weighted by molar-refractivity contribution is 7.91. The van der Waals surface area contributed by atoms with E-state index in [1.165, 1.54) is 33.6 Å². The second kappa shape index (κ2) is 6.14. The maximum absolute atomic E-state index is 11.8. The molecule has 0 spiro atoms. The Bertz CT molecular complexity index is 961. The molecule has 2 fully saturated rings. The summed E-state index contributed by atoms with van der Waals surface area (Å²) in [6.07, 6.45) is 4.41. The lowest BCUT2D eigenvalue weighted by atomic mass is 10.1. The molecule has 3 aliphatic rings. The van der Waals surface area contributed by atoms with Gasteiger partial charge in [-0.25, -0.2) is 18.4 Å². The number of nitrogens with one attached hydrogen (secondary N) is 1. The predicted octanol–water partition coefficient (Wildman–Crippen LogP) is 0.380. The molecule has 5 rings (SSSR count). The first kappa shape index (κ1) is 16.9. The molecule has 1 aliphatic carbocycles. The number of hydrogen-bond donors (Lipinski definition) is 1. The molecule has 0 radical (unpaired) electrons. The molecule has 2 aliphatic heterocycles. The van der Waals surface area contributed by atoms with Gasteiger partial charge in [0, 0.05) is 11.3 Å². The lowest BCUT2D eigenvalue weighted by Gasteiger charge is -2.36. The highest BCUT2D eigenvalue weighted by Crippen LogP contribution is 2.40. The molecule has 6 nitrogen and oxygen atoms in total. The van der Waals surface area contributed by atoms with Crippen molar-refractivity contribution in [3.63, 3.8) is 0 Å². The summed E-state index contributed by atoms with van der Waals surface area (Å²) in [6.45, 7) is 5.87. The third-order valence-corrected chi connectivity index (χ3v) is 9.13. The number of quaternary nitrogens is 1. The molecular weight excluding hydrogens is 368 g/mol. The van der Waals surface area contributed by atoms with E-state index in [0.29, 0.717) is 17.5 Å². The Balaban J connectivity index is 1.40. The molecule has 2 aromatic rings. The molecular formula is C18H25N4O2S2+. The number of thiophene rings is 1. The van der Waals surface area contributed by atoms with Crippen molar-refractivity contribution in [2.75, 3.05) is 42.6 Å². The fourth-order valence-electron chi connectivity index (χ4n) is 4.84. The summed E-state index contributed by atoms with van der Waals surface area (Å²) >= 11 is 1.85. The molecule has 8 heteroatoms. The molecule has 1 atom stereocenters. The Morgan fingerprint density at radius 3 is 2.73 bits per heavy atom. The third kappa shape index (κ3) is 2.82. The fraction of sp³-hybridized carbons (Fsp3) is 0.667. The standard InChI is InChI=1S/C18H24N4O2S2/c1-12-19-17(16-14-3-2-4-15(14)25-18(16)20-12)22-8-6-21(7-9-22)13-5-10-26(23,24)11-13/h13H,2-11H2,1H3/p+1/t13-/m0/s1. The Labute approximate surface area is 158 Å². The summed E-state index contributed by atoms with van der Waals surface area (Å²) in [4.78, 5) is 16.1. The number of rotatable bonds is 2. The molecule has 0 bridgehead atoms. The van der Waals surface area contributed by atoms with Gasteiger partial charge in [0.15, 0.2) is 9.84 Å². The van der Waals surface area contributed by atoms with Crippen LogP contribution in [0.1, 0.15) is 29.1 Å². The Hall–Kier alpha value is -1.25. The molecule has 2 aromatic heterocycles. The minimum Gasteiger partial charge on any atom is -0.345 e. The monoisotopic (exact) mass is 393 g/mol. The summed E-state index contributed by atoms with van der Waals surface area (Å²) in [5.74, 6) is 2.71. The van der Waals surface area contributed by atoms with Gasteiger partial charge in [0.05, 0.1) is 37.3 Å². The van der Waals surface area contributed by atoms with Crippen LogP contribution in [0.4, 0.5) is 5.82 Å². The van der Waals surface area contributed by atoms with Crippen LogP contribution in [0, 0.1) is 6.92 Å². The zero-order valence-electron chi connectivity index (χ0n) is 15.1. The van der Waals surface area contributed by atoms with Crippen LogP contribution in [0.2, 0.25) is 0 Å². The molecule has 140 valence electrons. The van der Waals surface area contributed by atoms with Crippen LogP contribution in [0.5, 0.6) is 0 Å². The third-order valence-electron chi connectivity index (χ3n) is 6.17. The normalized spacial score (nSPS) is 25.9. The Kier molecular flexibility index (Phi) is 3.99. The van der Waals surface area contributed by atoms with Gasteiger partial charge in [-0.05, 0) is 31.7 Å². The van der Waals surface area contributed by atoms with Crippen molar-refractivity contribution in [1.82, 2.24) is 9.97 Å². The predicted molar refractivity (Wildman–Crippen MR) is 104 cm³/mol. The summed E-state index contributed by atoms with van der Waals surface area (Å²) < 4.78 is 23.6. The Morgan fingerprint density at radius 1 is 1.19 bits per heavy atom. The molecule has 0 saturated carbocycles. The van der Waals surface area contributed by atoms with Crippen molar-refractivity contribution in [1.29, 1.82) is 0 Å². The first-order chi connectivity index (χ1) is 12.5. The quantitative estimate of drug-likeness (QED) is 0.799. The fourth-order valence-corrected chi connectivity index (χ4v) is 7.97. The largest absolute Gasteiger partial charge is 0.345 e. The number of aromatic nitrogens is 2. The van der Waals surface area contributed by atoms with E-state index in [9.17, 15) is 8.42 Å². The zero-order valence-corrected chi connectivity index (χ0v) is 16.8. The Morgan fingerprint density at radius 2 is 2.00 bits per heavy atom. The van der Waals surface area contributed by atoms with Gasteiger partial charge in [-0.15, -0.1) is 11.3 Å². The number of sulfone groups is 1. The first-order valence-electron chi connectivity index (χ1n) is 9.59. The van der Waals surface area contributed by atoms with E-state index >= 15 is 0 Å². The summed E-state index contributed by atoms with van der Waals surface area (Å²) in [5, 5.41) is 1.29. The van der Waals surface area contributed by atoms with Crippen LogP contribution in [-0.2, 0) is 22.7 Å².